The second-order valence-corrected chi connectivity index (χ2v) is 10.7. The summed E-state index contributed by atoms with van der Waals surface area (Å²) in [6.07, 6.45) is 1.73. The highest BCUT2D eigenvalue weighted by atomic mass is 32.2. The Morgan fingerprint density at radius 2 is 1.89 bits per heavy atom. The Balaban J connectivity index is 1.56. The number of Topliss-reactive ketones (excluding diaryl/α,β-unsaturated/α-hetero) is 1. The zero-order valence-corrected chi connectivity index (χ0v) is 21.5. The van der Waals surface area contributed by atoms with Gasteiger partial charge in [0.2, 0.25) is 0 Å². The van der Waals surface area contributed by atoms with Gasteiger partial charge in [-0.15, -0.1) is 11.3 Å². The van der Waals surface area contributed by atoms with Crippen molar-refractivity contribution in [3.05, 3.63) is 99.5 Å². The standard InChI is InChI=1S/C28H25N3O2S2/c1-17-11-12-18(2)22(14-17)23(32)16-34-28-30-24-21-10-7-13-29-26(21)35-25(24)27(33)31(28)15-19(3)20-8-5-4-6-9-20/h4-14,19H,15-16H2,1-3H3/t19-/m0/s1. The smallest absolute Gasteiger partial charge is 0.272 e. The van der Waals surface area contributed by atoms with Gasteiger partial charge in [0.1, 0.15) is 9.53 Å². The van der Waals surface area contributed by atoms with Gasteiger partial charge in [-0.1, -0.05) is 66.7 Å². The van der Waals surface area contributed by atoms with Gasteiger partial charge in [0, 0.05) is 23.7 Å². The van der Waals surface area contributed by atoms with Crippen molar-refractivity contribution in [2.24, 2.45) is 0 Å². The van der Waals surface area contributed by atoms with E-state index in [2.05, 4.69) is 24.0 Å². The molecule has 5 rings (SSSR count). The number of benzene rings is 2. The Morgan fingerprint density at radius 1 is 1.09 bits per heavy atom. The highest BCUT2D eigenvalue weighted by molar-refractivity contribution is 7.99. The zero-order valence-electron chi connectivity index (χ0n) is 19.8. The second kappa shape index (κ2) is 9.76. The van der Waals surface area contributed by atoms with E-state index in [0.29, 0.717) is 21.9 Å². The van der Waals surface area contributed by atoms with E-state index < -0.39 is 0 Å². The van der Waals surface area contributed by atoms with Gasteiger partial charge in [0.05, 0.1) is 11.3 Å². The summed E-state index contributed by atoms with van der Waals surface area (Å²) in [6.45, 7) is 6.52. The molecule has 35 heavy (non-hydrogen) atoms. The molecule has 0 aliphatic heterocycles. The molecule has 0 N–H and O–H groups in total. The summed E-state index contributed by atoms with van der Waals surface area (Å²) in [4.78, 5) is 37.0. The predicted octanol–water partition coefficient (Wildman–Crippen LogP) is 6.40. The third-order valence-corrected chi connectivity index (χ3v) is 8.24. The van der Waals surface area contributed by atoms with E-state index in [-0.39, 0.29) is 23.0 Å². The fraction of sp³-hybridized carbons (Fsp3) is 0.214. The van der Waals surface area contributed by atoms with Crippen molar-refractivity contribution >= 4 is 49.3 Å². The molecule has 5 aromatic rings. The predicted molar refractivity (Wildman–Crippen MR) is 145 cm³/mol. The average Bonchev–Trinajstić information content (AvgIpc) is 3.25. The van der Waals surface area contributed by atoms with Gasteiger partial charge in [-0.05, 0) is 49.1 Å². The molecule has 0 amide bonds. The average molecular weight is 500 g/mol. The Kier molecular flexibility index (Phi) is 6.54. The van der Waals surface area contributed by atoms with Crippen molar-refractivity contribution in [2.75, 3.05) is 5.75 Å². The number of fused-ring (bicyclic) bond motifs is 3. The molecular formula is C28H25N3O2S2. The number of ketones is 1. The monoisotopic (exact) mass is 499 g/mol. The molecule has 5 nitrogen and oxygen atoms in total. The Bertz CT molecular complexity index is 1610. The molecule has 3 heterocycles. The summed E-state index contributed by atoms with van der Waals surface area (Å²) in [6, 6.07) is 19.9. The number of aromatic nitrogens is 3. The molecule has 0 bridgehead atoms. The molecular weight excluding hydrogens is 474 g/mol. The maximum atomic E-state index is 13.7. The summed E-state index contributed by atoms with van der Waals surface area (Å²) in [5.74, 6) is 0.349. The van der Waals surface area contributed by atoms with Gasteiger partial charge in [0.15, 0.2) is 10.9 Å². The van der Waals surface area contributed by atoms with Gasteiger partial charge in [-0.3, -0.25) is 14.2 Å². The minimum Gasteiger partial charge on any atom is -0.293 e. The van der Waals surface area contributed by atoms with E-state index in [1.807, 2.05) is 62.4 Å². The van der Waals surface area contributed by atoms with Crippen molar-refractivity contribution < 1.29 is 4.79 Å². The summed E-state index contributed by atoms with van der Waals surface area (Å²) in [5, 5.41) is 1.43. The number of carbonyl (C=O) groups is 1. The Hall–Kier alpha value is -3.29. The summed E-state index contributed by atoms with van der Waals surface area (Å²) < 4.78 is 2.33. The molecule has 0 aliphatic carbocycles. The largest absolute Gasteiger partial charge is 0.293 e. The minimum atomic E-state index is -0.0810. The number of thiophene rings is 1. The topological polar surface area (TPSA) is 64.8 Å². The van der Waals surface area contributed by atoms with Crippen molar-refractivity contribution in [1.82, 2.24) is 14.5 Å². The third-order valence-electron chi connectivity index (χ3n) is 6.17. The first-order valence-corrected chi connectivity index (χ1v) is 13.3. The van der Waals surface area contributed by atoms with Crippen molar-refractivity contribution in [3.8, 4) is 0 Å². The second-order valence-electron chi connectivity index (χ2n) is 8.79. The van der Waals surface area contributed by atoms with Crippen LogP contribution < -0.4 is 5.56 Å². The minimum absolute atomic E-state index is 0.0325. The van der Waals surface area contributed by atoms with E-state index in [0.717, 1.165) is 32.5 Å². The maximum Gasteiger partial charge on any atom is 0.272 e. The van der Waals surface area contributed by atoms with Crippen LogP contribution in [-0.4, -0.2) is 26.1 Å². The molecule has 0 fully saturated rings. The maximum absolute atomic E-state index is 13.7. The zero-order chi connectivity index (χ0) is 24.5. The molecule has 2 aromatic carbocycles. The first-order chi connectivity index (χ1) is 16.9. The number of rotatable bonds is 7. The van der Waals surface area contributed by atoms with Gasteiger partial charge < -0.3 is 0 Å². The van der Waals surface area contributed by atoms with Crippen LogP contribution in [0.1, 0.15) is 39.9 Å². The molecule has 176 valence electrons. The quantitative estimate of drug-likeness (QED) is 0.147. The van der Waals surface area contributed by atoms with Crippen LogP contribution in [0.15, 0.2) is 76.8 Å². The van der Waals surface area contributed by atoms with Gasteiger partial charge >= 0.3 is 0 Å². The van der Waals surface area contributed by atoms with Gasteiger partial charge in [0.25, 0.3) is 5.56 Å². The molecule has 7 heteroatoms. The molecule has 1 atom stereocenters. The van der Waals surface area contributed by atoms with Gasteiger partial charge in [-0.25, -0.2) is 9.97 Å². The molecule has 0 aliphatic rings. The van der Waals surface area contributed by atoms with Crippen LogP contribution in [0.2, 0.25) is 0 Å². The van der Waals surface area contributed by atoms with E-state index >= 15 is 0 Å². The fourth-order valence-electron chi connectivity index (χ4n) is 4.22. The first-order valence-electron chi connectivity index (χ1n) is 11.5. The number of nitrogens with zero attached hydrogens (tertiary/aromatic N) is 3. The summed E-state index contributed by atoms with van der Waals surface area (Å²) in [7, 11) is 0. The highest BCUT2D eigenvalue weighted by Gasteiger charge is 2.20. The first kappa shape index (κ1) is 23.5. The third kappa shape index (κ3) is 4.66. The van der Waals surface area contributed by atoms with Crippen LogP contribution >= 0.6 is 23.1 Å². The lowest BCUT2D eigenvalue weighted by Gasteiger charge is -2.17. The van der Waals surface area contributed by atoms with Crippen molar-refractivity contribution in [3.63, 3.8) is 0 Å². The normalized spacial score (nSPS) is 12.3. The fourth-order valence-corrected chi connectivity index (χ4v) is 6.13. The molecule has 0 unspecified atom stereocenters. The van der Waals surface area contributed by atoms with E-state index in [9.17, 15) is 9.59 Å². The Morgan fingerprint density at radius 3 is 2.69 bits per heavy atom. The molecule has 0 spiro atoms. The SMILES string of the molecule is Cc1ccc(C)c(C(=O)CSc2nc3c(sc4ncccc43)c(=O)n2C[C@H](C)c2ccccc2)c1. The van der Waals surface area contributed by atoms with Crippen LogP contribution in [-0.2, 0) is 6.54 Å². The molecule has 0 saturated carbocycles. The lowest BCUT2D eigenvalue weighted by molar-refractivity contribution is 0.102. The lowest BCUT2D eigenvalue weighted by atomic mass is 10.0. The number of aryl methyl sites for hydroxylation is 2. The highest BCUT2D eigenvalue weighted by Crippen LogP contribution is 2.31. The van der Waals surface area contributed by atoms with Crippen molar-refractivity contribution in [2.45, 2.75) is 38.4 Å². The number of hydrogen-bond acceptors (Lipinski definition) is 6. The molecule has 0 saturated heterocycles. The number of hydrogen-bond donors (Lipinski definition) is 0. The van der Waals surface area contributed by atoms with Crippen LogP contribution in [0.25, 0.3) is 20.4 Å². The number of thioether (sulfide) groups is 1. The Labute approximate surface area is 211 Å². The van der Waals surface area contributed by atoms with Crippen LogP contribution in [0.5, 0.6) is 0 Å². The van der Waals surface area contributed by atoms with Crippen LogP contribution in [0, 0.1) is 13.8 Å². The van der Waals surface area contributed by atoms with E-state index in [4.69, 9.17) is 4.98 Å². The number of pyridine rings is 1. The summed E-state index contributed by atoms with van der Waals surface area (Å²) >= 11 is 2.70. The van der Waals surface area contributed by atoms with E-state index in [1.165, 1.54) is 23.1 Å². The number of carbonyl (C=O) groups excluding carboxylic acids is 1. The van der Waals surface area contributed by atoms with Crippen LogP contribution in [0.4, 0.5) is 0 Å². The lowest BCUT2D eigenvalue weighted by Crippen LogP contribution is -2.25. The summed E-state index contributed by atoms with van der Waals surface area (Å²) in [5.41, 5.74) is 4.45. The van der Waals surface area contributed by atoms with E-state index in [1.54, 1.807) is 10.8 Å². The molecule has 3 aromatic heterocycles. The van der Waals surface area contributed by atoms with Crippen LogP contribution in [0.3, 0.4) is 0 Å². The van der Waals surface area contributed by atoms with Crippen molar-refractivity contribution in [1.29, 1.82) is 0 Å². The molecule has 0 radical (unpaired) electrons. The van der Waals surface area contributed by atoms with Gasteiger partial charge in [-0.2, -0.15) is 0 Å².